The number of amides is 2. The van der Waals surface area contributed by atoms with E-state index in [9.17, 15) is 9.59 Å². The van der Waals surface area contributed by atoms with Crippen LogP contribution in [0.15, 0.2) is 83.9 Å². The third-order valence-corrected chi connectivity index (χ3v) is 7.07. The molecule has 3 aromatic rings. The quantitative estimate of drug-likeness (QED) is 0.389. The SMILES string of the molecule is O=C(Nc1ccccc1Cl)C1CC(=O)N(CCCc2ccccc2)C(=Nc2ccc(Cl)cc2)S1. The molecule has 8 heteroatoms. The van der Waals surface area contributed by atoms with Crippen LogP contribution in [0.5, 0.6) is 0 Å². The summed E-state index contributed by atoms with van der Waals surface area (Å²) in [6.45, 7) is 0.520. The molecule has 0 radical (unpaired) electrons. The molecule has 5 nitrogen and oxygen atoms in total. The van der Waals surface area contributed by atoms with Crippen LogP contribution in [0.2, 0.25) is 10.0 Å². The Hall–Kier alpha value is -2.80. The predicted molar refractivity (Wildman–Crippen MR) is 141 cm³/mol. The topological polar surface area (TPSA) is 61.8 Å². The van der Waals surface area contributed by atoms with Crippen molar-refractivity contribution in [3.63, 3.8) is 0 Å². The van der Waals surface area contributed by atoms with Crippen LogP contribution in [-0.4, -0.2) is 33.7 Å². The molecule has 0 bridgehead atoms. The van der Waals surface area contributed by atoms with Crippen LogP contribution in [0.25, 0.3) is 0 Å². The second-order valence-corrected chi connectivity index (χ2v) is 9.80. The molecule has 1 heterocycles. The third kappa shape index (κ3) is 6.41. The van der Waals surface area contributed by atoms with Gasteiger partial charge in [-0.15, -0.1) is 0 Å². The van der Waals surface area contributed by atoms with Gasteiger partial charge in [0.05, 0.1) is 16.4 Å². The lowest BCUT2D eigenvalue weighted by atomic mass is 10.1. The Morgan fingerprint density at radius 1 is 1.00 bits per heavy atom. The van der Waals surface area contributed by atoms with Crippen molar-refractivity contribution >= 4 is 63.3 Å². The fraction of sp³-hybridized carbons (Fsp3) is 0.192. The average Bonchev–Trinajstić information content (AvgIpc) is 2.84. The maximum Gasteiger partial charge on any atom is 0.238 e. The number of nitrogens with one attached hydrogen (secondary N) is 1. The van der Waals surface area contributed by atoms with Gasteiger partial charge in [-0.05, 0) is 54.8 Å². The summed E-state index contributed by atoms with van der Waals surface area (Å²) < 4.78 is 0. The summed E-state index contributed by atoms with van der Waals surface area (Å²) in [6, 6.07) is 24.2. The molecule has 1 fully saturated rings. The van der Waals surface area contributed by atoms with Crippen LogP contribution >= 0.6 is 35.0 Å². The molecule has 1 aliphatic heterocycles. The van der Waals surface area contributed by atoms with E-state index in [4.69, 9.17) is 28.2 Å². The fourth-order valence-corrected chi connectivity index (χ4v) is 4.98. The Morgan fingerprint density at radius 3 is 2.44 bits per heavy atom. The molecule has 0 saturated carbocycles. The van der Waals surface area contributed by atoms with Crippen molar-refractivity contribution in [2.75, 3.05) is 11.9 Å². The molecule has 0 spiro atoms. The summed E-state index contributed by atoms with van der Waals surface area (Å²) in [5.41, 5.74) is 2.40. The Kier molecular flexibility index (Phi) is 8.27. The smallest absolute Gasteiger partial charge is 0.238 e. The number of carbonyl (C=O) groups is 2. The zero-order valence-electron chi connectivity index (χ0n) is 18.3. The summed E-state index contributed by atoms with van der Waals surface area (Å²) in [4.78, 5) is 32.5. The number of thioether (sulfide) groups is 1. The molecule has 1 N–H and O–H groups in total. The van der Waals surface area contributed by atoms with Crippen LogP contribution in [0, 0.1) is 0 Å². The zero-order valence-corrected chi connectivity index (χ0v) is 20.6. The van der Waals surface area contributed by atoms with E-state index in [0.717, 1.165) is 12.8 Å². The van der Waals surface area contributed by atoms with Gasteiger partial charge in [0.25, 0.3) is 0 Å². The highest BCUT2D eigenvalue weighted by atomic mass is 35.5. The number of aliphatic imine (C=N–C) groups is 1. The van der Waals surface area contributed by atoms with Crippen LogP contribution < -0.4 is 5.32 Å². The highest BCUT2D eigenvalue weighted by molar-refractivity contribution is 8.15. The van der Waals surface area contributed by atoms with E-state index in [1.807, 2.05) is 18.2 Å². The first kappa shape index (κ1) is 24.3. The van der Waals surface area contributed by atoms with Crippen molar-refractivity contribution < 1.29 is 9.59 Å². The van der Waals surface area contributed by atoms with Gasteiger partial charge in [-0.1, -0.05) is 77.4 Å². The molecule has 0 aliphatic carbocycles. The number of hydrogen-bond acceptors (Lipinski definition) is 4. The summed E-state index contributed by atoms with van der Waals surface area (Å²) in [5.74, 6) is -0.405. The lowest BCUT2D eigenvalue weighted by molar-refractivity contribution is -0.129. The van der Waals surface area contributed by atoms with Crippen LogP contribution in [0.4, 0.5) is 11.4 Å². The highest BCUT2D eigenvalue weighted by Crippen LogP contribution is 2.31. The number of nitrogens with zero attached hydrogens (tertiary/aromatic N) is 2. The van der Waals surface area contributed by atoms with Gasteiger partial charge >= 0.3 is 0 Å². The molecule has 34 heavy (non-hydrogen) atoms. The molecule has 174 valence electrons. The molecular weight excluding hydrogens is 489 g/mol. The second kappa shape index (κ2) is 11.6. The number of anilines is 1. The van der Waals surface area contributed by atoms with E-state index in [-0.39, 0.29) is 18.2 Å². The van der Waals surface area contributed by atoms with E-state index >= 15 is 0 Å². The van der Waals surface area contributed by atoms with Crippen LogP contribution in [0.1, 0.15) is 18.4 Å². The first-order valence-corrected chi connectivity index (χ1v) is 12.5. The molecule has 1 saturated heterocycles. The van der Waals surface area contributed by atoms with Gasteiger partial charge in [0.2, 0.25) is 11.8 Å². The number of rotatable bonds is 7. The van der Waals surface area contributed by atoms with Gasteiger partial charge in [0.15, 0.2) is 5.17 Å². The van der Waals surface area contributed by atoms with Gasteiger partial charge in [-0.2, -0.15) is 0 Å². The monoisotopic (exact) mass is 511 g/mol. The third-order valence-electron chi connectivity index (χ3n) is 5.31. The summed E-state index contributed by atoms with van der Waals surface area (Å²) in [6.07, 6.45) is 1.72. The van der Waals surface area contributed by atoms with E-state index in [0.29, 0.717) is 33.1 Å². The van der Waals surface area contributed by atoms with Gasteiger partial charge < -0.3 is 5.32 Å². The first-order valence-electron chi connectivity index (χ1n) is 10.9. The number of hydrogen-bond donors (Lipinski definition) is 1. The Morgan fingerprint density at radius 2 is 1.71 bits per heavy atom. The molecule has 1 atom stereocenters. The standard InChI is InChI=1S/C26H23Cl2N3O2S/c27-19-12-14-20(15-13-19)29-26-31(16-6-9-18-7-2-1-3-8-18)24(32)17-23(34-26)25(33)30-22-11-5-4-10-21(22)28/h1-5,7-8,10-15,23H,6,9,16-17H2,(H,30,33). The molecular formula is C26H23Cl2N3O2S. The summed E-state index contributed by atoms with van der Waals surface area (Å²) in [7, 11) is 0. The highest BCUT2D eigenvalue weighted by Gasteiger charge is 2.35. The minimum absolute atomic E-state index is 0.0892. The molecule has 3 aromatic carbocycles. The van der Waals surface area contributed by atoms with Crippen molar-refractivity contribution in [3.05, 3.63) is 94.5 Å². The zero-order chi connectivity index (χ0) is 23.9. The number of halogens is 2. The van der Waals surface area contributed by atoms with Gasteiger partial charge in [-0.25, -0.2) is 4.99 Å². The van der Waals surface area contributed by atoms with Crippen LogP contribution in [-0.2, 0) is 16.0 Å². The molecule has 4 rings (SSSR count). The van der Waals surface area contributed by atoms with Crippen molar-refractivity contribution in [2.24, 2.45) is 4.99 Å². The van der Waals surface area contributed by atoms with Gasteiger partial charge in [0, 0.05) is 18.0 Å². The molecule has 0 aromatic heterocycles. The number of carbonyl (C=O) groups excluding carboxylic acids is 2. The van der Waals surface area contributed by atoms with Crippen molar-refractivity contribution in [2.45, 2.75) is 24.5 Å². The maximum absolute atomic E-state index is 13.1. The number of para-hydroxylation sites is 1. The van der Waals surface area contributed by atoms with Crippen molar-refractivity contribution in [3.8, 4) is 0 Å². The van der Waals surface area contributed by atoms with Crippen molar-refractivity contribution in [1.29, 1.82) is 0 Å². The fourth-order valence-electron chi connectivity index (χ4n) is 3.55. The Bertz CT molecular complexity index is 1190. The second-order valence-electron chi connectivity index (χ2n) is 7.79. The molecule has 2 amide bonds. The molecule has 1 unspecified atom stereocenters. The number of aryl methyl sites for hydroxylation is 1. The largest absolute Gasteiger partial charge is 0.324 e. The minimum atomic E-state index is -0.611. The van der Waals surface area contributed by atoms with E-state index in [1.54, 1.807) is 53.4 Å². The Labute approximate surface area is 213 Å². The maximum atomic E-state index is 13.1. The van der Waals surface area contributed by atoms with Crippen LogP contribution in [0.3, 0.4) is 0 Å². The van der Waals surface area contributed by atoms with Crippen molar-refractivity contribution in [1.82, 2.24) is 4.90 Å². The first-order chi connectivity index (χ1) is 16.5. The van der Waals surface area contributed by atoms with Gasteiger partial charge in [0.1, 0.15) is 5.25 Å². The van der Waals surface area contributed by atoms with E-state index in [1.165, 1.54) is 17.3 Å². The van der Waals surface area contributed by atoms with E-state index < -0.39 is 5.25 Å². The minimum Gasteiger partial charge on any atom is -0.324 e. The number of amidine groups is 1. The molecule has 1 aliphatic rings. The Balaban J connectivity index is 1.51. The van der Waals surface area contributed by atoms with E-state index in [2.05, 4.69) is 17.4 Å². The normalized spacial score (nSPS) is 17.1. The average molecular weight is 512 g/mol. The number of benzene rings is 3. The summed E-state index contributed by atoms with van der Waals surface area (Å²) in [5, 5.41) is 3.78. The summed E-state index contributed by atoms with van der Waals surface area (Å²) >= 11 is 13.5. The lowest BCUT2D eigenvalue weighted by Crippen LogP contribution is -2.45. The van der Waals surface area contributed by atoms with Gasteiger partial charge in [-0.3, -0.25) is 14.5 Å². The lowest BCUT2D eigenvalue weighted by Gasteiger charge is -2.32. The predicted octanol–water partition coefficient (Wildman–Crippen LogP) is 6.59.